The normalized spacial score (nSPS) is 10.2. The van der Waals surface area contributed by atoms with E-state index in [-0.39, 0.29) is 23.6 Å². The molecule has 0 saturated carbocycles. The molecule has 0 fully saturated rings. The van der Waals surface area contributed by atoms with Crippen molar-refractivity contribution in [2.45, 2.75) is 6.92 Å². The van der Waals surface area contributed by atoms with Crippen LogP contribution in [0.5, 0.6) is 6.01 Å². The second-order valence-electron chi connectivity index (χ2n) is 3.65. The van der Waals surface area contributed by atoms with Gasteiger partial charge < -0.3 is 15.4 Å². The first-order valence-electron chi connectivity index (χ1n) is 6.02. The highest BCUT2D eigenvalue weighted by Gasteiger charge is 2.12. The molecule has 9 nitrogen and oxygen atoms in total. The third-order valence-corrected chi connectivity index (χ3v) is 2.35. The number of hydrogen-bond donors (Lipinski definition) is 2. The molecule has 0 unspecified atom stereocenters. The number of aromatic nitrogens is 5. The van der Waals surface area contributed by atoms with Gasteiger partial charge in [-0.2, -0.15) is 20.1 Å². The van der Waals surface area contributed by atoms with Gasteiger partial charge in [0.25, 0.3) is 11.9 Å². The van der Waals surface area contributed by atoms with E-state index in [2.05, 4.69) is 30.7 Å². The third-order valence-electron chi connectivity index (χ3n) is 2.35. The SMILES string of the molecule is CCOc1nc(NC)nc(-n2ccc(C(=O)NC)n2)n1. The average molecular weight is 277 g/mol. The highest BCUT2D eigenvalue weighted by Crippen LogP contribution is 2.10. The molecule has 0 spiro atoms. The van der Waals surface area contributed by atoms with Crippen LogP contribution in [0, 0.1) is 0 Å². The van der Waals surface area contributed by atoms with Gasteiger partial charge in [0.15, 0.2) is 5.69 Å². The second-order valence-corrected chi connectivity index (χ2v) is 3.65. The average Bonchev–Trinajstić information content (AvgIpc) is 2.96. The Labute approximate surface area is 115 Å². The molecule has 0 aliphatic heterocycles. The molecule has 0 radical (unpaired) electrons. The fourth-order valence-corrected chi connectivity index (χ4v) is 1.44. The Morgan fingerprint density at radius 2 is 2.15 bits per heavy atom. The highest BCUT2D eigenvalue weighted by atomic mass is 16.5. The Hall–Kier alpha value is -2.71. The molecule has 106 valence electrons. The summed E-state index contributed by atoms with van der Waals surface area (Å²) < 4.78 is 6.65. The molecule has 0 saturated heterocycles. The predicted molar refractivity (Wildman–Crippen MR) is 71.1 cm³/mol. The summed E-state index contributed by atoms with van der Waals surface area (Å²) in [5.74, 6) is 0.343. The Morgan fingerprint density at radius 3 is 2.80 bits per heavy atom. The molecule has 0 aliphatic rings. The van der Waals surface area contributed by atoms with Gasteiger partial charge in [0, 0.05) is 20.3 Å². The molecule has 2 aromatic heterocycles. The van der Waals surface area contributed by atoms with Crippen molar-refractivity contribution in [3.63, 3.8) is 0 Å². The molecule has 0 atom stereocenters. The summed E-state index contributed by atoms with van der Waals surface area (Å²) in [7, 11) is 3.23. The van der Waals surface area contributed by atoms with Crippen LogP contribution in [-0.2, 0) is 0 Å². The van der Waals surface area contributed by atoms with Crippen LogP contribution < -0.4 is 15.4 Å². The smallest absolute Gasteiger partial charge is 0.323 e. The molecule has 2 heterocycles. The highest BCUT2D eigenvalue weighted by molar-refractivity contribution is 5.91. The number of nitrogens with one attached hydrogen (secondary N) is 2. The summed E-state index contributed by atoms with van der Waals surface area (Å²) in [6, 6.07) is 1.76. The molecule has 0 aliphatic carbocycles. The maximum absolute atomic E-state index is 11.5. The lowest BCUT2D eigenvalue weighted by Crippen LogP contribution is -2.19. The largest absolute Gasteiger partial charge is 0.464 e. The summed E-state index contributed by atoms with van der Waals surface area (Å²) in [6.45, 7) is 2.27. The molecule has 2 rings (SSSR count). The summed E-state index contributed by atoms with van der Waals surface area (Å²) in [5, 5.41) is 9.41. The van der Waals surface area contributed by atoms with Crippen LogP contribution in [0.3, 0.4) is 0 Å². The minimum absolute atomic E-state index is 0.193. The third kappa shape index (κ3) is 2.82. The second kappa shape index (κ2) is 5.95. The Morgan fingerprint density at radius 1 is 1.35 bits per heavy atom. The molecule has 9 heteroatoms. The lowest BCUT2D eigenvalue weighted by molar-refractivity contribution is 0.0957. The van der Waals surface area contributed by atoms with Gasteiger partial charge >= 0.3 is 6.01 Å². The number of carbonyl (C=O) groups is 1. The predicted octanol–water partition coefficient (Wildman–Crippen LogP) is -0.143. The van der Waals surface area contributed by atoms with Gasteiger partial charge in [-0.1, -0.05) is 0 Å². The maximum atomic E-state index is 11.5. The minimum atomic E-state index is -0.281. The monoisotopic (exact) mass is 277 g/mol. The van der Waals surface area contributed by atoms with E-state index in [4.69, 9.17) is 4.74 Å². The van der Waals surface area contributed by atoms with Crippen molar-refractivity contribution in [2.24, 2.45) is 0 Å². The van der Waals surface area contributed by atoms with Crippen molar-refractivity contribution in [3.8, 4) is 12.0 Å². The minimum Gasteiger partial charge on any atom is -0.464 e. The van der Waals surface area contributed by atoms with Crippen molar-refractivity contribution >= 4 is 11.9 Å². The number of anilines is 1. The number of hydrogen-bond acceptors (Lipinski definition) is 7. The number of nitrogens with zero attached hydrogens (tertiary/aromatic N) is 5. The Balaban J connectivity index is 2.38. The molecule has 0 aromatic carbocycles. The van der Waals surface area contributed by atoms with E-state index < -0.39 is 0 Å². The zero-order valence-electron chi connectivity index (χ0n) is 11.4. The van der Waals surface area contributed by atoms with Crippen molar-refractivity contribution < 1.29 is 9.53 Å². The summed E-state index contributed by atoms with van der Waals surface area (Å²) in [6.07, 6.45) is 1.59. The standard InChI is InChI=1S/C11H15N7O2/c1-4-20-11-15-9(13-3)14-10(16-11)18-6-5-7(17-18)8(19)12-2/h5-6H,4H2,1-3H3,(H,12,19)(H,13,14,15,16). The maximum Gasteiger partial charge on any atom is 0.323 e. The zero-order chi connectivity index (χ0) is 14.5. The topological polar surface area (TPSA) is 107 Å². The van der Waals surface area contributed by atoms with Crippen LogP contribution in [0.4, 0.5) is 5.95 Å². The zero-order valence-corrected chi connectivity index (χ0v) is 11.4. The van der Waals surface area contributed by atoms with E-state index in [1.165, 1.54) is 11.7 Å². The number of rotatable bonds is 5. The van der Waals surface area contributed by atoms with E-state index in [1.807, 2.05) is 6.92 Å². The van der Waals surface area contributed by atoms with Gasteiger partial charge in [0.2, 0.25) is 5.95 Å². The van der Waals surface area contributed by atoms with E-state index in [1.54, 1.807) is 19.3 Å². The van der Waals surface area contributed by atoms with Gasteiger partial charge in [-0.3, -0.25) is 4.79 Å². The van der Waals surface area contributed by atoms with Gasteiger partial charge in [0.1, 0.15) is 0 Å². The summed E-state index contributed by atoms with van der Waals surface area (Å²) in [4.78, 5) is 23.8. The first-order valence-corrected chi connectivity index (χ1v) is 6.02. The van der Waals surface area contributed by atoms with Crippen LogP contribution >= 0.6 is 0 Å². The van der Waals surface area contributed by atoms with Crippen LogP contribution in [0.2, 0.25) is 0 Å². The van der Waals surface area contributed by atoms with E-state index in [0.29, 0.717) is 12.6 Å². The molecule has 1 amide bonds. The van der Waals surface area contributed by atoms with Gasteiger partial charge in [-0.15, -0.1) is 0 Å². The number of carbonyl (C=O) groups excluding carboxylic acids is 1. The molecule has 0 bridgehead atoms. The fraction of sp³-hybridized carbons (Fsp3) is 0.364. The molecular formula is C11H15N7O2. The van der Waals surface area contributed by atoms with Crippen LogP contribution in [0.1, 0.15) is 17.4 Å². The van der Waals surface area contributed by atoms with Crippen molar-refractivity contribution in [2.75, 3.05) is 26.0 Å². The molecule has 20 heavy (non-hydrogen) atoms. The first kappa shape index (κ1) is 13.7. The fourth-order valence-electron chi connectivity index (χ4n) is 1.44. The lowest BCUT2D eigenvalue weighted by Gasteiger charge is -2.06. The molecule has 2 N–H and O–H groups in total. The van der Waals surface area contributed by atoms with Crippen LogP contribution in [0.15, 0.2) is 12.3 Å². The lowest BCUT2D eigenvalue weighted by atomic mass is 10.4. The number of amides is 1. The molecule has 2 aromatic rings. The van der Waals surface area contributed by atoms with Gasteiger partial charge in [0.05, 0.1) is 6.61 Å². The van der Waals surface area contributed by atoms with Crippen LogP contribution in [-0.4, -0.2) is 51.3 Å². The van der Waals surface area contributed by atoms with Crippen molar-refractivity contribution in [3.05, 3.63) is 18.0 Å². The number of ether oxygens (including phenoxy) is 1. The van der Waals surface area contributed by atoms with Crippen molar-refractivity contribution in [1.82, 2.24) is 30.0 Å². The van der Waals surface area contributed by atoms with Gasteiger partial charge in [-0.25, -0.2) is 4.68 Å². The summed E-state index contributed by atoms with van der Waals surface area (Å²) >= 11 is 0. The first-order chi connectivity index (χ1) is 9.67. The van der Waals surface area contributed by atoms with E-state index >= 15 is 0 Å². The summed E-state index contributed by atoms with van der Waals surface area (Å²) in [5.41, 5.74) is 0.275. The Kier molecular flexibility index (Phi) is 4.08. The molecular weight excluding hydrogens is 262 g/mol. The quantitative estimate of drug-likeness (QED) is 0.783. The van der Waals surface area contributed by atoms with Crippen LogP contribution in [0.25, 0.3) is 5.95 Å². The van der Waals surface area contributed by atoms with Gasteiger partial charge in [-0.05, 0) is 13.0 Å². The Bertz CT molecular complexity index is 611. The van der Waals surface area contributed by atoms with Crippen molar-refractivity contribution in [1.29, 1.82) is 0 Å². The van der Waals surface area contributed by atoms with E-state index in [0.717, 1.165) is 0 Å². The van der Waals surface area contributed by atoms with E-state index in [9.17, 15) is 4.79 Å².